The molecule has 2 aromatic carbocycles. The Balaban J connectivity index is 1.77. The molecule has 134 valence electrons. The molecule has 1 aliphatic rings. The largest absolute Gasteiger partial charge is 0.480 e. The highest BCUT2D eigenvalue weighted by Gasteiger charge is 2.32. The third-order valence-electron chi connectivity index (χ3n) is 4.00. The number of ether oxygens (including phenoxy) is 1. The molecule has 4 nitrogen and oxygen atoms in total. The maximum Gasteiger partial charge on any atom is 0.242 e. The molecule has 0 unspecified atom stereocenters. The second kappa shape index (κ2) is 8.52. The molecule has 2 aromatic rings. The third kappa shape index (κ3) is 4.54. The zero-order chi connectivity index (χ0) is 18.4. The molecule has 26 heavy (non-hydrogen) atoms. The first kappa shape index (κ1) is 18.7. The first-order valence-electron chi connectivity index (χ1n) is 8.29. The van der Waals surface area contributed by atoms with E-state index in [-0.39, 0.29) is 16.6 Å². The van der Waals surface area contributed by atoms with Crippen molar-refractivity contribution in [2.24, 2.45) is 5.10 Å². The Bertz CT molecular complexity index is 868. The van der Waals surface area contributed by atoms with Gasteiger partial charge in [0.25, 0.3) is 0 Å². The summed E-state index contributed by atoms with van der Waals surface area (Å²) in [5.74, 6) is 5.20. The van der Waals surface area contributed by atoms with E-state index in [1.165, 1.54) is 0 Å². The van der Waals surface area contributed by atoms with E-state index in [1.54, 1.807) is 6.21 Å². The summed E-state index contributed by atoms with van der Waals surface area (Å²) in [4.78, 5) is 12.2. The molecule has 1 fully saturated rings. The van der Waals surface area contributed by atoms with Gasteiger partial charge in [-0.1, -0.05) is 36.3 Å². The Labute approximate surface area is 162 Å². The van der Waals surface area contributed by atoms with Gasteiger partial charge in [-0.25, -0.2) is 5.43 Å². The van der Waals surface area contributed by atoms with Crippen LogP contribution in [0.3, 0.4) is 0 Å². The third-order valence-corrected chi connectivity index (χ3v) is 7.30. The molecule has 6 heteroatoms. The molecule has 1 N–H and O–H groups in total. The Kier molecular flexibility index (Phi) is 6.12. The number of fused-ring (bicyclic) bond motifs is 1. The zero-order valence-corrected chi connectivity index (χ0v) is 16.2. The number of benzene rings is 2. The van der Waals surface area contributed by atoms with Crippen LogP contribution in [0.25, 0.3) is 10.8 Å². The lowest BCUT2D eigenvalue weighted by atomic mass is 10.0. The molecule has 0 aliphatic carbocycles. The van der Waals surface area contributed by atoms with Crippen molar-refractivity contribution >= 4 is 46.4 Å². The van der Waals surface area contributed by atoms with Crippen LogP contribution >= 0.6 is 23.5 Å². The quantitative estimate of drug-likeness (QED) is 0.466. The second-order valence-electron chi connectivity index (χ2n) is 5.99. The van der Waals surface area contributed by atoms with E-state index in [2.05, 4.69) is 23.4 Å². The number of hydrazone groups is 1. The average Bonchev–Trinajstić information content (AvgIpc) is 3.06. The summed E-state index contributed by atoms with van der Waals surface area (Å²) in [6.45, 7) is 2.29. The van der Waals surface area contributed by atoms with Gasteiger partial charge in [-0.3, -0.25) is 4.79 Å². The minimum atomic E-state index is -0.0861. The fraction of sp³-hybridized carbons (Fsp3) is 0.300. The molecule has 3 rings (SSSR count). The van der Waals surface area contributed by atoms with Crippen LogP contribution in [0, 0.1) is 12.3 Å². The van der Waals surface area contributed by atoms with Gasteiger partial charge in [0.1, 0.15) is 12.4 Å². The summed E-state index contributed by atoms with van der Waals surface area (Å²) in [5, 5.41) is 6.22. The van der Waals surface area contributed by atoms with Gasteiger partial charge in [-0.05, 0) is 23.8 Å². The second-order valence-corrected chi connectivity index (χ2v) is 9.45. The van der Waals surface area contributed by atoms with Gasteiger partial charge in [0.15, 0.2) is 0 Å². The fourth-order valence-electron chi connectivity index (χ4n) is 2.81. The number of carbonyl (C=O) groups is 1. The molecule has 0 spiro atoms. The number of terminal acetylenes is 1. The van der Waals surface area contributed by atoms with Crippen molar-refractivity contribution in [3.05, 3.63) is 42.0 Å². The van der Waals surface area contributed by atoms with Gasteiger partial charge in [-0.15, -0.1) is 29.9 Å². The molecule has 0 aromatic heterocycles. The Morgan fingerprint density at radius 2 is 2.12 bits per heavy atom. The number of hydrogen-bond acceptors (Lipinski definition) is 5. The Hall–Kier alpha value is -2.10. The molecular weight excluding hydrogens is 364 g/mol. The standard InChI is InChI=1S/C20H20N2O2S2/c1-3-10-24-18-9-8-15-6-4-5-7-16(15)17(18)14-21-22-19(23)13-20(2)25-11-12-26-20/h1,4-9,14H,10-13H2,2H3,(H,22,23)/b21-14-. The summed E-state index contributed by atoms with van der Waals surface area (Å²) in [6, 6.07) is 11.8. The topological polar surface area (TPSA) is 50.7 Å². The first-order valence-corrected chi connectivity index (χ1v) is 10.3. The van der Waals surface area contributed by atoms with E-state index in [9.17, 15) is 4.79 Å². The van der Waals surface area contributed by atoms with E-state index in [0.29, 0.717) is 12.2 Å². The lowest BCUT2D eigenvalue weighted by Crippen LogP contribution is -2.26. The first-order chi connectivity index (χ1) is 12.6. The number of hydrogen-bond donors (Lipinski definition) is 1. The molecule has 0 radical (unpaired) electrons. The predicted molar refractivity (Wildman–Crippen MR) is 112 cm³/mol. The summed E-state index contributed by atoms with van der Waals surface area (Å²) in [7, 11) is 0. The van der Waals surface area contributed by atoms with Crippen molar-refractivity contribution in [1.82, 2.24) is 5.43 Å². The Morgan fingerprint density at radius 1 is 1.35 bits per heavy atom. The maximum atomic E-state index is 12.2. The van der Waals surface area contributed by atoms with Gasteiger partial charge in [0, 0.05) is 17.1 Å². The molecule has 1 aliphatic heterocycles. The van der Waals surface area contributed by atoms with Crippen molar-refractivity contribution < 1.29 is 9.53 Å². The number of nitrogens with one attached hydrogen (secondary N) is 1. The molecule has 1 heterocycles. The van der Waals surface area contributed by atoms with Crippen molar-refractivity contribution in [2.45, 2.75) is 17.4 Å². The van der Waals surface area contributed by atoms with E-state index in [4.69, 9.17) is 11.2 Å². The van der Waals surface area contributed by atoms with Crippen LogP contribution in [-0.2, 0) is 4.79 Å². The SMILES string of the molecule is C#CCOc1ccc2ccccc2c1/C=N\NC(=O)CC1(C)SCCS1. The molecule has 1 amide bonds. The number of nitrogens with zero attached hydrogens (tertiary/aromatic N) is 1. The molecule has 0 atom stereocenters. The highest BCUT2D eigenvalue weighted by atomic mass is 32.2. The minimum absolute atomic E-state index is 0.0554. The zero-order valence-electron chi connectivity index (χ0n) is 14.5. The molecule has 0 saturated carbocycles. The minimum Gasteiger partial charge on any atom is -0.480 e. The van der Waals surface area contributed by atoms with Crippen LogP contribution in [0.2, 0.25) is 0 Å². The maximum absolute atomic E-state index is 12.2. The van der Waals surface area contributed by atoms with Gasteiger partial charge in [-0.2, -0.15) is 5.10 Å². The lowest BCUT2D eigenvalue weighted by Gasteiger charge is -2.19. The van der Waals surface area contributed by atoms with Crippen LogP contribution in [-0.4, -0.2) is 34.3 Å². The van der Waals surface area contributed by atoms with Crippen LogP contribution in [0.4, 0.5) is 0 Å². The van der Waals surface area contributed by atoms with Crippen molar-refractivity contribution in [1.29, 1.82) is 0 Å². The van der Waals surface area contributed by atoms with Crippen molar-refractivity contribution in [3.63, 3.8) is 0 Å². The van der Waals surface area contributed by atoms with E-state index < -0.39 is 0 Å². The summed E-state index contributed by atoms with van der Waals surface area (Å²) in [5.41, 5.74) is 3.44. The highest BCUT2D eigenvalue weighted by molar-refractivity contribution is 8.21. The van der Waals surface area contributed by atoms with Crippen LogP contribution in [0.15, 0.2) is 41.5 Å². The van der Waals surface area contributed by atoms with Gasteiger partial charge in [0.05, 0.1) is 16.7 Å². The van der Waals surface area contributed by atoms with Gasteiger partial charge in [0.2, 0.25) is 5.91 Å². The van der Waals surface area contributed by atoms with Crippen molar-refractivity contribution in [3.8, 4) is 18.1 Å². The van der Waals surface area contributed by atoms with E-state index in [0.717, 1.165) is 27.8 Å². The summed E-state index contributed by atoms with van der Waals surface area (Å²) >= 11 is 3.66. The van der Waals surface area contributed by atoms with E-state index in [1.807, 2.05) is 59.9 Å². The number of rotatable bonds is 6. The van der Waals surface area contributed by atoms with Crippen molar-refractivity contribution in [2.75, 3.05) is 18.1 Å². The monoisotopic (exact) mass is 384 g/mol. The highest BCUT2D eigenvalue weighted by Crippen LogP contribution is 2.45. The fourth-order valence-corrected chi connectivity index (χ4v) is 5.64. The van der Waals surface area contributed by atoms with Crippen LogP contribution < -0.4 is 10.2 Å². The van der Waals surface area contributed by atoms with Crippen LogP contribution in [0.5, 0.6) is 5.75 Å². The molecule has 0 bridgehead atoms. The van der Waals surface area contributed by atoms with Gasteiger partial charge < -0.3 is 4.74 Å². The molecular formula is C20H20N2O2S2. The summed E-state index contributed by atoms with van der Waals surface area (Å²) in [6.07, 6.45) is 7.37. The number of thioether (sulfide) groups is 2. The molecule has 1 saturated heterocycles. The summed E-state index contributed by atoms with van der Waals surface area (Å²) < 4.78 is 5.57. The lowest BCUT2D eigenvalue weighted by molar-refractivity contribution is -0.121. The normalized spacial score (nSPS) is 15.8. The Morgan fingerprint density at radius 3 is 2.88 bits per heavy atom. The predicted octanol–water partition coefficient (Wildman–Crippen LogP) is 3.89. The average molecular weight is 385 g/mol. The van der Waals surface area contributed by atoms with Gasteiger partial charge >= 0.3 is 0 Å². The van der Waals surface area contributed by atoms with E-state index >= 15 is 0 Å². The number of carbonyl (C=O) groups excluding carboxylic acids is 1. The smallest absolute Gasteiger partial charge is 0.242 e. The van der Waals surface area contributed by atoms with Crippen LogP contribution in [0.1, 0.15) is 18.9 Å². The number of amides is 1.